The standard InChI is InChI=1S/C12H11ClN2O2/c13-10-3-1-8(2-4-10)12-9(5-14)7-17-11(16)6-15-12/h1-4,9,12,15H,6-7H2. The summed E-state index contributed by atoms with van der Waals surface area (Å²) in [5, 5.41) is 12.8. The molecule has 5 heteroatoms. The number of rotatable bonds is 1. The Morgan fingerprint density at radius 2 is 2.12 bits per heavy atom. The summed E-state index contributed by atoms with van der Waals surface area (Å²) in [6.07, 6.45) is 0. The first kappa shape index (κ1) is 11.9. The van der Waals surface area contributed by atoms with E-state index in [-0.39, 0.29) is 31.1 Å². The van der Waals surface area contributed by atoms with Gasteiger partial charge in [0.15, 0.2) is 0 Å². The highest BCUT2D eigenvalue weighted by molar-refractivity contribution is 6.30. The van der Waals surface area contributed by atoms with E-state index in [1.807, 2.05) is 12.1 Å². The van der Waals surface area contributed by atoms with Gasteiger partial charge in [-0.25, -0.2) is 0 Å². The van der Waals surface area contributed by atoms with E-state index in [0.717, 1.165) is 5.56 Å². The van der Waals surface area contributed by atoms with E-state index in [2.05, 4.69) is 11.4 Å². The van der Waals surface area contributed by atoms with Gasteiger partial charge in [-0.2, -0.15) is 5.26 Å². The molecule has 0 radical (unpaired) electrons. The zero-order valence-electron chi connectivity index (χ0n) is 9.02. The lowest BCUT2D eigenvalue weighted by atomic mass is 9.95. The van der Waals surface area contributed by atoms with Gasteiger partial charge < -0.3 is 4.74 Å². The highest BCUT2D eigenvalue weighted by Crippen LogP contribution is 2.25. The van der Waals surface area contributed by atoms with Crippen molar-refractivity contribution in [2.75, 3.05) is 13.2 Å². The smallest absolute Gasteiger partial charge is 0.319 e. The molecule has 1 aliphatic rings. The van der Waals surface area contributed by atoms with Gasteiger partial charge >= 0.3 is 5.97 Å². The third-order valence-electron chi connectivity index (χ3n) is 2.69. The number of esters is 1. The van der Waals surface area contributed by atoms with E-state index in [1.54, 1.807) is 12.1 Å². The molecule has 88 valence electrons. The van der Waals surface area contributed by atoms with Crippen LogP contribution >= 0.6 is 11.6 Å². The fourth-order valence-corrected chi connectivity index (χ4v) is 1.92. The zero-order valence-corrected chi connectivity index (χ0v) is 9.78. The Labute approximate surface area is 104 Å². The second-order valence-electron chi connectivity index (χ2n) is 3.83. The van der Waals surface area contributed by atoms with Crippen LogP contribution in [0.1, 0.15) is 11.6 Å². The van der Waals surface area contributed by atoms with Crippen LogP contribution in [0, 0.1) is 17.2 Å². The predicted octanol–water partition coefficient (Wildman–Crippen LogP) is 1.67. The molecule has 0 bridgehead atoms. The third kappa shape index (κ3) is 2.76. The lowest BCUT2D eigenvalue weighted by molar-refractivity contribution is -0.141. The molecule has 0 spiro atoms. The van der Waals surface area contributed by atoms with Gasteiger partial charge in [-0.05, 0) is 17.7 Å². The second kappa shape index (κ2) is 5.17. The number of carbonyl (C=O) groups excluding carboxylic acids is 1. The van der Waals surface area contributed by atoms with Crippen LogP contribution in [0.4, 0.5) is 0 Å². The van der Waals surface area contributed by atoms with Crippen molar-refractivity contribution in [3.05, 3.63) is 34.9 Å². The maximum Gasteiger partial charge on any atom is 0.319 e. The number of carbonyl (C=O) groups is 1. The number of nitriles is 1. The molecule has 1 aromatic carbocycles. The number of halogens is 1. The molecule has 2 atom stereocenters. The summed E-state index contributed by atoms with van der Waals surface area (Å²) in [6, 6.07) is 9.17. The molecule has 1 heterocycles. The fraction of sp³-hybridized carbons (Fsp3) is 0.333. The summed E-state index contributed by atoms with van der Waals surface area (Å²) in [5.74, 6) is -0.718. The summed E-state index contributed by atoms with van der Waals surface area (Å²) < 4.78 is 4.93. The Balaban J connectivity index is 2.25. The number of nitrogens with one attached hydrogen (secondary N) is 1. The summed E-state index contributed by atoms with van der Waals surface area (Å²) in [6.45, 7) is 0.237. The lowest BCUT2D eigenvalue weighted by Crippen LogP contribution is -2.28. The minimum atomic E-state index is -0.386. The number of hydrogen-bond acceptors (Lipinski definition) is 4. The van der Waals surface area contributed by atoms with E-state index in [4.69, 9.17) is 21.6 Å². The SMILES string of the molecule is N#CC1COC(=O)CNC1c1ccc(Cl)cc1. The molecule has 0 amide bonds. The van der Waals surface area contributed by atoms with Crippen LogP contribution in [-0.2, 0) is 9.53 Å². The summed E-state index contributed by atoms with van der Waals surface area (Å²) in [7, 11) is 0. The predicted molar refractivity (Wildman–Crippen MR) is 62.3 cm³/mol. The Kier molecular flexibility index (Phi) is 3.62. The Morgan fingerprint density at radius 1 is 1.41 bits per heavy atom. The van der Waals surface area contributed by atoms with Gasteiger partial charge in [-0.3, -0.25) is 10.1 Å². The molecule has 1 N–H and O–H groups in total. The van der Waals surface area contributed by atoms with Crippen LogP contribution in [0.3, 0.4) is 0 Å². The van der Waals surface area contributed by atoms with Crippen LogP contribution < -0.4 is 5.32 Å². The largest absolute Gasteiger partial charge is 0.463 e. The number of nitrogens with zero attached hydrogens (tertiary/aromatic N) is 1. The Morgan fingerprint density at radius 3 is 2.76 bits per heavy atom. The van der Waals surface area contributed by atoms with Crippen LogP contribution in [-0.4, -0.2) is 19.1 Å². The molecule has 2 rings (SSSR count). The monoisotopic (exact) mass is 250 g/mol. The molecule has 0 saturated carbocycles. The number of cyclic esters (lactones) is 1. The van der Waals surface area contributed by atoms with Gasteiger partial charge in [-0.1, -0.05) is 23.7 Å². The number of ether oxygens (including phenoxy) is 1. The first-order valence-corrected chi connectivity index (χ1v) is 5.62. The number of benzene rings is 1. The van der Waals surface area contributed by atoms with Crippen molar-refractivity contribution < 1.29 is 9.53 Å². The highest BCUT2D eigenvalue weighted by Gasteiger charge is 2.28. The first-order chi connectivity index (χ1) is 8.20. The van der Waals surface area contributed by atoms with Crippen molar-refractivity contribution in [2.45, 2.75) is 6.04 Å². The maximum absolute atomic E-state index is 11.2. The second-order valence-corrected chi connectivity index (χ2v) is 4.27. The molecule has 0 aliphatic carbocycles. The number of hydrogen-bond donors (Lipinski definition) is 1. The average molecular weight is 251 g/mol. The molecular formula is C12H11ClN2O2. The molecule has 17 heavy (non-hydrogen) atoms. The third-order valence-corrected chi connectivity index (χ3v) is 2.94. The Bertz CT molecular complexity index is 453. The van der Waals surface area contributed by atoms with Crippen molar-refractivity contribution >= 4 is 17.6 Å². The quantitative estimate of drug-likeness (QED) is 0.770. The average Bonchev–Trinajstić information content (AvgIpc) is 2.52. The minimum absolute atomic E-state index is 0.117. The fourth-order valence-electron chi connectivity index (χ4n) is 1.80. The van der Waals surface area contributed by atoms with Gasteiger partial charge in [0.05, 0.1) is 24.6 Å². The van der Waals surface area contributed by atoms with E-state index < -0.39 is 0 Å². The van der Waals surface area contributed by atoms with E-state index in [9.17, 15) is 4.79 Å². The zero-order chi connectivity index (χ0) is 12.3. The van der Waals surface area contributed by atoms with Crippen molar-refractivity contribution in [3.8, 4) is 6.07 Å². The molecule has 2 unspecified atom stereocenters. The van der Waals surface area contributed by atoms with Crippen LogP contribution in [0.25, 0.3) is 0 Å². The van der Waals surface area contributed by atoms with Crippen molar-refractivity contribution in [2.24, 2.45) is 5.92 Å². The van der Waals surface area contributed by atoms with Gasteiger partial charge in [0, 0.05) is 5.02 Å². The van der Waals surface area contributed by atoms with Gasteiger partial charge in [0.25, 0.3) is 0 Å². The van der Waals surface area contributed by atoms with E-state index in [0.29, 0.717) is 5.02 Å². The molecular weight excluding hydrogens is 240 g/mol. The molecule has 0 aromatic heterocycles. The van der Waals surface area contributed by atoms with Crippen LogP contribution in [0.5, 0.6) is 0 Å². The topological polar surface area (TPSA) is 62.1 Å². The summed E-state index contributed by atoms with van der Waals surface area (Å²) >= 11 is 5.81. The molecule has 1 fully saturated rings. The van der Waals surface area contributed by atoms with Crippen molar-refractivity contribution in [3.63, 3.8) is 0 Å². The van der Waals surface area contributed by atoms with E-state index in [1.165, 1.54) is 0 Å². The van der Waals surface area contributed by atoms with Gasteiger partial charge in [-0.15, -0.1) is 0 Å². The normalized spacial score (nSPS) is 24.6. The molecule has 1 aliphatic heterocycles. The van der Waals surface area contributed by atoms with Gasteiger partial charge in [0.2, 0.25) is 0 Å². The lowest BCUT2D eigenvalue weighted by Gasteiger charge is -2.19. The first-order valence-electron chi connectivity index (χ1n) is 5.25. The van der Waals surface area contributed by atoms with Crippen molar-refractivity contribution in [1.82, 2.24) is 5.32 Å². The highest BCUT2D eigenvalue weighted by atomic mass is 35.5. The van der Waals surface area contributed by atoms with E-state index >= 15 is 0 Å². The summed E-state index contributed by atoms with van der Waals surface area (Å²) in [4.78, 5) is 11.2. The Hall–Kier alpha value is -1.57. The molecule has 1 saturated heterocycles. The maximum atomic E-state index is 11.2. The van der Waals surface area contributed by atoms with Crippen molar-refractivity contribution in [1.29, 1.82) is 5.26 Å². The molecule has 1 aromatic rings. The van der Waals surface area contributed by atoms with Gasteiger partial charge in [0.1, 0.15) is 6.61 Å². The summed E-state index contributed by atoms with van der Waals surface area (Å²) in [5.41, 5.74) is 0.930. The minimum Gasteiger partial charge on any atom is -0.463 e. The molecule has 4 nitrogen and oxygen atoms in total. The van der Waals surface area contributed by atoms with Crippen LogP contribution in [0.15, 0.2) is 24.3 Å². The van der Waals surface area contributed by atoms with Crippen LogP contribution in [0.2, 0.25) is 5.02 Å².